The maximum absolute atomic E-state index is 12.6. The summed E-state index contributed by atoms with van der Waals surface area (Å²) in [4.78, 5) is 0. The van der Waals surface area contributed by atoms with E-state index in [1.807, 2.05) is 0 Å². The molecule has 0 aliphatic rings. The minimum atomic E-state index is -2.58. The van der Waals surface area contributed by atoms with Crippen molar-refractivity contribution < 1.29 is 13.5 Å². The first-order chi connectivity index (χ1) is 7.36. The molecule has 0 amide bonds. The molecular weight excluding hydrogens is 236 g/mol. The molecule has 1 atom stereocenters. The van der Waals surface area contributed by atoms with E-state index in [9.17, 15) is 8.78 Å². The number of hydrogen-bond acceptors (Lipinski definition) is 2. The van der Waals surface area contributed by atoms with E-state index in [4.69, 9.17) is 22.1 Å². The van der Waals surface area contributed by atoms with Crippen molar-refractivity contribution in [3.8, 4) is 5.75 Å². The summed E-state index contributed by atoms with van der Waals surface area (Å²) in [7, 11) is 1.49. The van der Waals surface area contributed by atoms with E-state index < -0.39 is 12.0 Å². The molecule has 2 nitrogen and oxygen atoms in total. The highest BCUT2D eigenvalue weighted by Gasteiger charge is 2.30. The van der Waals surface area contributed by atoms with Crippen LogP contribution in [0.4, 0.5) is 8.78 Å². The van der Waals surface area contributed by atoms with Gasteiger partial charge in [-0.25, -0.2) is 8.78 Å². The minimum absolute atomic E-state index is 0.0639. The van der Waals surface area contributed by atoms with Crippen molar-refractivity contribution in [2.45, 2.75) is 25.3 Å². The third-order valence-electron chi connectivity index (χ3n) is 2.30. The number of ether oxygens (including phenoxy) is 1. The van der Waals surface area contributed by atoms with Crippen LogP contribution in [0.2, 0.25) is 5.02 Å². The molecule has 16 heavy (non-hydrogen) atoms. The number of hydrogen-bond donors (Lipinski definition) is 1. The van der Waals surface area contributed by atoms with Crippen molar-refractivity contribution in [1.82, 2.24) is 0 Å². The van der Waals surface area contributed by atoms with E-state index in [1.165, 1.54) is 14.0 Å². The van der Waals surface area contributed by atoms with Gasteiger partial charge >= 0.3 is 0 Å². The van der Waals surface area contributed by atoms with Gasteiger partial charge in [0.05, 0.1) is 17.7 Å². The van der Waals surface area contributed by atoms with Crippen LogP contribution in [0, 0.1) is 0 Å². The van der Waals surface area contributed by atoms with Crippen LogP contribution in [0.25, 0.3) is 0 Å². The molecule has 1 unspecified atom stereocenters. The highest BCUT2D eigenvalue weighted by Crippen LogP contribution is 2.27. The van der Waals surface area contributed by atoms with Crippen molar-refractivity contribution in [1.29, 1.82) is 0 Å². The smallest absolute Gasteiger partial charge is 0.256 e. The van der Waals surface area contributed by atoms with Crippen LogP contribution in [-0.2, 0) is 6.42 Å². The largest absolute Gasteiger partial charge is 0.495 e. The number of benzene rings is 1. The molecule has 0 saturated carbocycles. The average molecular weight is 250 g/mol. The lowest BCUT2D eigenvalue weighted by Crippen LogP contribution is -2.45. The van der Waals surface area contributed by atoms with Gasteiger partial charge in [0.25, 0.3) is 6.43 Å². The number of nitrogens with two attached hydrogens (primary N) is 1. The summed E-state index contributed by atoms with van der Waals surface area (Å²) >= 11 is 5.88. The summed E-state index contributed by atoms with van der Waals surface area (Å²) in [5.74, 6) is 0.515. The van der Waals surface area contributed by atoms with Crippen molar-refractivity contribution in [2.24, 2.45) is 5.73 Å². The SMILES string of the molecule is COc1ccc(CC(C)(N)C(F)F)cc1Cl. The first kappa shape index (κ1) is 13.2. The van der Waals surface area contributed by atoms with Gasteiger partial charge in [-0.15, -0.1) is 0 Å². The van der Waals surface area contributed by atoms with Crippen LogP contribution in [0.3, 0.4) is 0 Å². The Labute approximate surface area is 98.3 Å². The molecule has 0 heterocycles. The van der Waals surface area contributed by atoms with Gasteiger partial charge in [-0.3, -0.25) is 0 Å². The second kappa shape index (κ2) is 4.97. The Kier molecular flexibility index (Phi) is 4.10. The molecule has 90 valence electrons. The Morgan fingerprint density at radius 2 is 2.12 bits per heavy atom. The van der Waals surface area contributed by atoms with E-state index >= 15 is 0 Å². The molecule has 1 aromatic rings. The van der Waals surface area contributed by atoms with Crippen LogP contribution in [0.15, 0.2) is 18.2 Å². The molecule has 0 aromatic heterocycles. The molecule has 5 heteroatoms. The topological polar surface area (TPSA) is 35.2 Å². The Hall–Kier alpha value is -0.870. The summed E-state index contributed by atoms with van der Waals surface area (Å²) in [6.45, 7) is 1.32. The van der Waals surface area contributed by atoms with Gasteiger partial charge < -0.3 is 10.5 Å². The highest BCUT2D eigenvalue weighted by molar-refractivity contribution is 6.32. The molecular formula is C11H14ClF2NO. The monoisotopic (exact) mass is 249 g/mol. The standard InChI is InChI=1S/C11H14ClF2NO/c1-11(15,10(13)14)6-7-3-4-9(16-2)8(12)5-7/h3-5,10H,6,15H2,1-2H3. The summed E-state index contributed by atoms with van der Waals surface area (Å²) in [5, 5.41) is 0.394. The average Bonchev–Trinajstić information content (AvgIpc) is 2.17. The number of methoxy groups -OCH3 is 1. The van der Waals surface area contributed by atoms with Gasteiger partial charge in [-0.05, 0) is 31.0 Å². The van der Waals surface area contributed by atoms with Crippen molar-refractivity contribution >= 4 is 11.6 Å². The van der Waals surface area contributed by atoms with Crippen LogP contribution < -0.4 is 10.5 Å². The van der Waals surface area contributed by atoms with Crippen molar-refractivity contribution in [3.63, 3.8) is 0 Å². The Morgan fingerprint density at radius 3 is 2.56 bits per heavy atom. The van der Waals surface area contributed by atoms with Gasteiger partial charge in [0.1, 0.15) is 5.75 Å². The van der Waals surface area contributed by atoms with Crippen LogP contribution in [0.1, 0.15) is 12.5 Å². The number of alkyl halides is 2. The molecule has 1 rings (SSSR count). The van der Waals surface area contributed by atoms with Gasteiger partial charge in [-0.2, -0.15) is 0 Å². The fourth-order valence-electron chi connectivity index (χ4n) is 1.34. The van der Waals surface area contributed by atoms with Crippen LogP contribution >= 0.6 is 11.6 Å². The maximum atomic E-state index is 12.6. The first-order valence-corrected chi connectivity index (χ1v) is 5.14. The Morgan fingerprint density at radius 1 is 1.50 bits per heavy atom. The maximum Gasteiger partial charge on any atom is 0.256 e. The third-order valence-corrected chi connectivity index (χ3v) is 2.60. The molecule has 2 N–H and O–H groups in total. The molecule has 0 aliphatic heterocycles. The molecule has 1 aromatic carbocycles. The van der Waals surface area contributed by atoms with Gasteiger partial charge in [0.2, 0.25) is 0 Å². The number of halogens is 3. The Bertz CT molecular complexity index is 369. The zero-order valence-electron chi connectivity index (χ0n) is 9.14. The lowest BCUT2D eigenvalue weighted by molar-refractivity contribution is 0.0639. The molecule has 0 radical (unpaired) electrons. The molecule has 0 aliphatic carbocycles. The quantitative estimate of drug-likeness (QED) is 0.891. The predicted molar refractivity (Wildman–Crippen MR) is 60.3 cm³/mol. The second-order valence-corrected chi connectivity index (χ2v) is 4.36. The van der Waals surface area contributed by atoms with Crippen LogP contribution in [0.5, 0.6) is 5.75 Å². The lowest BCUT2D eigenvalue weighted by Gasteiger charge is -2.23. The fraction of sp³-hybridized carbons (Fsp3) is 0.455. The van der Waals surface area contributed by atoms with Gasteiger partial charge in [0.15, 0.2) is 0 Å². The normalized spacial score (nSPS) is 14.9. The highest BCUT2D eigenvalue weighted by atomic mass is 35.5. The summed E-state index contributed by atoms with van der Waals surface area (Å²) < 4.78 is 30.1. The fourth-order valence-corrected chi connectivity index (χ4v) is 1.62. The molecule has 0 spiro atoms. The number of rotatable bonds is 4. The van der Waals surface area contributed by atoms with E-state index in [0.717, 1.165) is 0 Å². The van der Waals surface area contributed by atoms with Crippen LogP contribution in [-0.4, -0.2) is 19.1 Å². The third kappa shape index (κ3) is 3.06. The predicted octanol–water partition coefficient (Wildman–Crippen LogP) is 2.87. The van der Waals surface area contributed by atoms with E-state index in [1.54, 1.807) is 18.2 Å². The summed E-state index contributed by atoms with van der Waals surface area (Å²) in [6, 6.07) is 4.91. The van der Waals surface area contributed by atoms with E-state index in [2.05, 4.69) is 0 Å². The summed E-state index contributed by atoms with van der Waals surface area (Å²) in [6.07, 6.45) is -2.51. The van der Waals surface area contributed by atoms with E-state index in [0.29, 0.717) is 16.3 Å². The molecule has 0 saturated heterocycles. The van der Waals surface area contributed by atoms with Gasteiger partial charge in [0, 0.05) is 0 Å². The second-order valence-electron chi connectivity index (χ2n) is 3.95. The first-order valence-electron chi connectivity index (χ1n) is 4.76. The lowest BCUT2D eigenvalue weighted by atomic mass is 9.94. The summed E-state index contributed by atoms with van der Waals surface area (Å²) in [5.41, 5.74) is 4.61. The zero-order chi connectivity index (χ0) is 12.3. The van der Waals surface area contributed by atoms with Crippen molar-refractivity contribution in [2.75, 3.05) is 7.11 Å². The zero-order valence-corrected chi connectivity index (χ0v) is 9.89. The van der Waals surface area contributed by atoms with E-state index in [-0.39, 0.29) is 6.42 Å². The molecule has 0 bridgehead atoms. The molecule has 0 fully saturated rings. The van der Waals surface area contributed by atoms with Crippen molar-refractivity contribution in [3.05, 3.63) is 28.8 Å². The Balaban J connectivity index is 2.87. The minimum Gasteiger partial charge on any atom is -0.495 e. The van der Waals surface area contributed by atoms with Gasteiger partial charge in [-0.1, -0.05) is 17.7 Å².